The number of rotatable bonds is 5. The molecule has 1 fully saturated rings. The van der Waals surface area contributed by atoms with E-state index in [2.05, 4.69) is 21.8 Å². The summed E-state index contributed by atoms with van der Waals surface area (Å²) in [5.41, 5.74) is 1.01. The number of aliphatic hydroxyl groups is 1. The molecule has 2 heterocycles. The molecule has 0 radical (unpaired) electrons. The molecule has 0 bridgehead atoms. The number of aliphatic hydroxyl groups excluding tert-OH is 1. The van der Waals surface area contributed by atoms with E-state index in [0.717, 1.165) is 43.7 Å². The second kappa shape index (κ2) is 7.06. The van der Waals surface area contributed by atoms with E-state index in [9.17, 15) is 5.11 Å². The van der Waals surface area contributed by atoms with Gasteiger partial charge in [-0.15, -0.1) is 0 Å². The van der Waals surface area contributed by atoms with Gasteiger partial charge in [-0.05, 0) is 43.7 Å². The monoisotopic (exact) mass is 283 g/mol. The molecule has 1 aliphatic rings. The average molecular weight is 284 g/mol. The van der Waals surface area contributed by atoms with Crippen molar-refractivity contribution < 1.29 is 5.11 Å². The van der Waals surface area contributed by atoms with Crippen LogP contribution in [0.3, 0.4) is 0 Å². The fourth-order valence-electron chi connectivity index (χ4n) is 2.73. The Balaban J connectivity index is 2.22. The van der Waals surface area contributed by atoms with Gasteiger partial charge in [-0.2, -0.15) is 0 Å². The van der Waals surface area contributed by atoms with Crippen molar-refractivity contribution in [2.24, 2.45) is 0 Å². The predicted molar refractivity (Wildman–Crippen MR) is 77.7 cm³/mol. The zero-order valence-corrected chi connectivity index (χ0v) is 12.2. The van der Waals surface area contributed by atoms with Crippen LogP contribution in [0.1, 0.15) is 44.7 Å². The maximum atomic E-state index is 9.19. The van der Waals surface area contributed by atoms with E-state index in [1.54, 1.807) is 0 Å². The minimum atomic E-state index is 0.224. The Bertz CT molecular complexity index is 412. The number of hydrogen-bond donors (Lipinski definition) is 1. The molecule has 1 aliphatic heterocycles. The molecule has 1 aromatic heterocycles. The quantitative estimate of drug-likeness (QED) is 0.844. The minimum absolute atomic E-state index is 0.224. The molecule has 106 valence electrons. The lowest BCUT2D eigenvalue weighted by Crippen LogP contribution is -2.40. The SMILES string of the molecule is CCCc1cc(N2CCCC[C@@H]2CCO)nc(Cl)n1. The smallest absolute Gasteiger partial charge is 0.224 e. The van der Waals surface area contributed by atoms with Gasteiger partial charge in [0, 0.05) is 31.0 Å². The first-order valence-corrected chi connectivity index (χ1v) is 7.53. The maximum absolute atomic E-state index is 9.19. The summed E-state index contributed by atoms with van der Waals surface area (Å²) in [4.78, 5) is 10.9. The van der Waals surface area contributed by atoms with Crippen LogP contribution >= 0.6 is 11.6 Å². The Labute approximate surface area is 119 Å². The molecule has 0 spiro atoms. The number of nitrogens with zero attached hydrogens (tertiary/aromatic N) is 3. The van der Waals surface area contributed by atoms with Gasteiger partial charge in [0.15, 0.2) is 0 Å². The zero-order valence-electron chi connectivity index (χ0n) is 11.5. The van der Waals surface area contributed by atoms with Crippen LogP contribution in [0.4, 0.5) is 5.82 Å². The topological polar surface area (TPSA) is 49.2 Å². The van der Waals surface area contributed by atoms with Crippen molar-refractivity contribution in [1.29, 1.82) is 0 Å². The third-order valence-electron chi connectivity index (χ3n) is 3.63. The molecule has 0 saturated carbocycles. The van der Waals surface area contributed by atoms with E-state index >= 15 is 0 Å². The van der Waals surface area contributed by atoms with Gasteiger partial charge in [0.2, 0.25) is 5.28 Å². The first-order valence-electron chi connectivity index (χ1n) is 7.15. The van der Waals surface area contributed by atoms with Crippen molar-refractivity contribution in [3.63, 3.8) is 0 Å². The van der Waals surface area contributed by atoms with Crippen molar-refractivity contribution in [3.8, 4) is 0 Å². The van der Waals surface area contributed by atoms with Gasteiger partial charge in [0.25, 0.3) is 0 Å². The molecule has 1 atom stereocenters. The highest BCUT2D eigenvalue weighted by atomic mass is 35.5. The normalized spacial score (nSPS) is 19.7. The Morgan fingerprint density at radius 1 is 1.42 bits per heavy atom. The van der Waals surface area contributed by atoms with Crippen LogP contribution in [0.2, 0.25) is 5.28 Å². The molecule has 0 aromatic carbocycles. The van der Waals surface area contributed by atoms with E-state index in [0.29, 0.717) is 11.3 Å². The number of halogens is 1. The first-order chi connectivity index (χ1) is 9.24. The van der Waals surface area contributed by atoms with Gasteiger partial charge in [-0.1, -0.05) is 13.3 Å². The minimum Gasteiger partial charge on any atom is -0.396 e. The summed E-state index contributed by atoms with van der Waals surface area (Å²) < 4.78 is 0. The molecule has 5 heteroatoms. The molecule has 0 aliphatic carbocycles. The van der Waals surface area contributed by atoms with E-state index in [1.807, 2.05) is 6.07 Å². The third kappa shape index (κ3) is 3.80. The molecule has 1 aromatic rings. The summed E-state index contributed by atoms with van der Waals surface area (Å²) >= 11 is 6.03. The van der Waals surface area contributed by atoms with Crippen molar-refractivity contribution in [2.45, 2.75) is 51.5 Å². The molecule has 0 unspecified atom stereocenters. The highest BCUT2D eigenvalue weighted by molar-refractivity contribution is 6.28. The molecule has 19 heavy (non-hydrogen) atoms. The fourth-order valence-corrected chi connectivity index (χ4v) is 2.93. The van der Waals surface area contributed by atoms with Gasteiger partial charge >= 0.3 is 0 Å². The molecular formula is C14H22ClN3O. The molecule has 1 N–H and O–H groups in total. The summed E-state index contributed by atoms with van der Waals surface area (Å²) in [6, 6.07) is 2.42. The Morgan fingerprint density at radius 3 is 3.00 bits per heavy atom. The highest BCUT2D eigenvalue weighted by Crippen LogP contribution is 2.26. The molecular weight excluding hydrogens is 262 g/mol. The van der Waals surface area contributed by atoms with Gasteiger partial charge < -0.3 is 10.0 Å². The predicted octanol–water partition coefficient (Wildman–Crippen LogP) is 2.82. The summed E-state index contributed by atoms with van der Waals surface area (Å²) in [6.45, 7) is 3.34. The lowest BCUT2D eigenvalue weighted by Gasteiger charge is -2.36. The van der Waals surface area contributed by atoms with Crippen molar-refractivity contribution in [1.82, 2.24) is 9.97 Å². The summed E-state index contributed by atoms with van der Waals surface area (Å²) in [7, 11) is 0. The Morgan fingerprint density at radius 2 is 2.26 bits per heavy atom. The van der Waals surface area contributed by atoms with Crippen LogP contribution in [-0.4, -0.2) is 34.3 Å². The van der Waals surface area contributed by atoms with Crippen molar-refractivity contribution in [2.75, 3.05) is 18.1 Å². The van der Waals surface area contributed by atoms with Crippen molar-refractivity contribution in [3.05, 3.63) is 17.0 Å². The van der Waals surface area contributed by atoms with E-state index in [1.165, 1.54) is 12.8 Å². The summed E-state index contributed by atoms with van der Waals surface area (Å²) in [5.74, 6) is 0.918. The van der Waals surface area contributed by atoms with Gasteiger partial charge in [-0.25, -0.2) is 9.97 Å². The van der Waals surface area contributed by atoms with Gasteiger partial charge in [0.1, 0.15) is 5.82 Å². The molecule has 0 amide bonds. The van der Waals surface area contributed by atoms with E-state index < -0.39 is 0 Å². The molecule has 4 nitrogen and oxygen atoms in total. The van der Waals surface area contributed by atoms with Crippen LogP contribution in [-0.2, 0) is 6.42 Å². The number of anilines is 1. The van der Waals surface area contributed by atoms with Crippen LogP contribution in [0, 0.1) is 0 Å². The number of hydrogen-bond acceptors (Lipinski definition) is 4. The molecule has 1 saturated heterocycles. The zero-order chi connectivity index (χ0) is 13.7. The number of aryl methyl sites for hydroxylation is 1. The largest absolute Gasteiger partial charge is 0.396 e. The number of piperidine rings is 1. The number of aromatic nitrogens is 2. The highest BCUT2D eigenvalue weighted by Gasteiger charge is 2.23. The summed E-state index contributed by atoms with van der Waals surface area (Å²) in [6.07, 6.45) is 6.28. The van der Waals surface area contributed by atoms with Crippen LogP contribution < -0.4 is 4.90 Å². The standard InChI is InChI=1S/C14H22ClN3O/c1-2-5-11-10-13(17-14(15)16-11)18-8-4-3-6-12(18)7-9-19/h10,12,19H,2-9H2,1H3/t12-/m1/s1. The second-order valence-corrected chi connectivity index (χ2v) is 5.43. The van der Waals surface area contributed by atoms with Gasteiger partial charge in [0.05, 0.1) is 0 Å². The van der Waals surface area contributed by atoms with E-state index in [-0.39, 0.29) is 6.61 Å². The van der Waals surface area contributed by atoms with Gasteiger partial charge in [-0.3, -0.25) is 0 Å². The van der Waals surface area contributed by atoms with Crippen LogP contribution in [0.25, 0.3) is 0 Å². The average Bonchev–Trinajstić information content (AvgIpc) is 2.39. The summed E-state index contributed by atoms with van der Waals surface area (Å²) in [5, 5.41) is 9.52. The van der Waals surface area contributed by atoms with Crippen molar-refractivity contribution >= 4 is 17.4 Å². The first kappa shape index (κ1) is 14.5. The Hall–Kier alpha value is -0.870. The lowest BCUT2D eigenvalue weighted by atomic mass is 9.99. The fraction of sp³-hybridized carbons (Fsp3) is 0.714. The third-order valence-corrected chi connectivity index (χ3v) is 3.80. The van der Waals surface area contributed by atoms with Crippen LogP contribution in [0.15, 0.2) is 6.07 Å². The Kier molecular flexibility index (Phi) is 5.40. The lowest BCUT2D eigenvalue weighted by molar-refractivity contribution is 0.262. The second-order valence-electron chi connectivity index (χ2n) is 5.09. The van der Waals surface area contributed by atoms with E-state index in [4.69, 9.17) is 11.6 Å². The van der Waals surface area contributed by atoms with Crippen LogP contribution in [0.5, 0.6) is 0 Å². The maximum Gasteiger partial charge on any atom is 0.224 e. The molecule has 2 rings (SSSR count).